The van der Waals surface area contributed by atoms with Gasteiger partial charge in [-0.3, -0.25) is 10.00 Å². The molecule has 2 heterocycles. The lowest BCUT2D eigenvalue weighted by atomic mass is 10.3. The Morgan fingerprint density at radius 3 is 2.61 bits per heavy atom. The minimum atomic E-state index is -0.134. The molecule has 0 radical (unpaired) electrons. The first-order valence-corrected chi connectivity index (χ1v) is 7.87. The average Bonchev–Trinajstić information content (AvgIpc) is 2.77. The number of amides is 2. The van der Waals surface area contributed by atoms with Gasteiger partial charge in [0, 0.05) is 38.9 Å². The Bertz CT molecular complexity index is 649. The van der Waals surface area contributed by atoms with Crippen LogP contribution in [-0.2, 0) is 7.05 Å². The number of carbonyl (C=O) groups is 1. The zero-order valence-electron chi connectivity index (χ0n) is 13.6. The van der Waals surface area contributed by atoms with E-state index < -0.39 is 0 Å². The topological polar surface area (TPSA) is 66.3 Å². The van der Waals surface area contributed by atoms with Crippen molar-refractivity contribution in [2.24, 2.45) is 7.05 Å². The molecule has 1 saturated heterocycles. The van der Waals surface area contributed by atoms with Gasteiger partial charge in [0.2, 0.25) is 5.95 Å². The molecule has 122 valence electrons. The SMILES string of the molecule is Cc1nc(NC(=O)N2CCCN(c3ccccc3)CC2)nn1C. The average molecular weight is 314 g/mol. The number of para-hydroxylation sites is 1. The Morgan fingerprint density at radius 1 is 1.13 bits per heavy atom. The van der Waals surface area contributed by atoms with Crippen LogP contribution in [0.2, 0.25) is 0 Å². The molecule has 0 saturated carbocycles. The van der Waals surface area contributed by atoms with E-state index in [1.54, 1.807) is 4.68 Å². The number of nitrogens with one attached hydrogen (secondary N) is 1. The number of hydrogen-bond donors (Lipinski definition) is 1. The number of rotatable bonds is 2. The monoisotopic (exact) mass is 314 g/mol. The van der Waals surface area contributed by atoms with Crippen molar-refractivity contribution in [3.8, 4) is 0 Å². The zero-order valence-corrected chi connectivity index (χ0v) is 13.6. The van der Waals surface area contributed by atoms with Gasteiger partial charge in [-0.1, -0.05) is 18.2 Å². The highest BCUT2D eigenvalue weighted by atomic mass is 16.2. The Kier molecular flexibility index (Phi) is 4.45. The van der Waals surface area contributed by atoms with Crippen molar-refractivity contribution in [3.05, 3.63) is 36.2 Å². The van der Waals surface area contributed by atoms with Gasteiger partial charge in [-0.05, 0) is 25.5 Å². The Labute approximate surface area is 135 Å². The van der Waals surface area contributed by atoms with Gasteiger partial charge in [0.25, 0.3) is 0 Å². The molecule has 1 fully saturated rings. The second kappa shape index (κ2) is 6.68. The molecular formula is C16H22N6O. The maximum absolute atomic E-state index is 12.4. The largest absolute Gasteiger partial charge is 0.370 e. The molecule has 0 bridgehead atoms. The number of aryl methyl sites for hydroxylation is 2. The number of urea groups is 1. The van der Waals surface area contributed by atoms with Crippen LogP contribution in [0, 0.1) is 6.92 Å². The number of nitrogens with zero attached hydrogens (tertiary/aromatic N) is 5. The van der Waals surface area contributed by atoms with E-state index >= 15 is 0 Å². The third-order valence-corrected chi connectivity index (χ3v) is 4.10. The summed E-state index contributed by atoms with van der Waals surface area (Å²) in [4.78, 5) is 20.7. The number of anilines is 2. The second-order valence-corrected chi connectivity index (χ2v) is 5.70. The van der Waals surface area contributed by atoms with E-state index in [1.165, 1.54) is 5.69 Å². The third kappa shape index (κ3) is 3.61. The molecule has 0 aliphatic carbocycles. The maximum atomic E-state index is 12.4. The quantitative estimate of drug-likeness (QED) is 0.919. The minimum Gasteiger partial charge on any atom is -0.370 e. The van der Waals surface area contributed by atoms with Crippen LogP contribution in [0.5, 0.6) is 0 Å². The van der Waals surface area contributed by atoms with E-state index in [1.807, 2.05) is 37.1 Å². The molecule has 0 unspecified atom stereocenters. The number of carbonyl (C=O) groups excluding carboxylic acids is 1. The van der Waals surface area contributed by atoms with Gasteiger partial charge in [0.05, 0.1) is 0 Å². The summed E-state index contributed by atoms with van der Waals surface area (Å²) in [6.07, 6.45) is 0.941. The minimum absolute atomic E-state index is 0.134. The van der Waals surface area contributed by atoms with E-state index in [9.17, 15) is 4.79 Å². The molecule has 7 heteroatoms. The Hall–Kier alpha value is -2.57. The van der Waals surface area contributed by atoms with Gasteiger partial charge in [0.1, 0.15) is 5.82 Å². The maximum Gasteiger partial charge on any atom is 0.324 e. The molecular weight excluding hydrogens is 292 g/mol. The van der Waals surface area contributed by atoms with Crippen molar-refractivity contribution in [3.63, 3.8) is 0 Å². The van der Waals surface area contributed by atoms with Crippen LogP contribution in [0.25, 0.3) is 0 Å². The first kappa shape index (κ1) is 15.3. The number of benzene rings is 1. The first-order chi connectivity index (χ1) is 11.1. The number of hydrogen-bond acceptors (Lipinski definition) is 4. The molecule has 1 aromatic carbocycles. The van der Waals surface area contributed by atoms with E-state index in [0.29, 0.717) is 12.5 Å². The van der Waals surface area contributed by atoms with Crippen LogP contribution in [0.3, 0.4) is 0 Å². The predicted molar refractivity (Wildman–Crippen MR) is 89.6 cm³/mol. The molecule has 1 aliphatic rings. The smallest absolute Gasteiger partial charge is 0.324 e. The van der Waals surface area contributed by atoms with Crippen LogP contribution in [0.15, 0.2) is 30.3 Å². The Balaban J connectivity index is 1.60. The molecule has 2 amide bonds. The first-order valence-electron chi connectivity index (χ1n) is 7.87. The summed E-state index contributed by atoms with van der Waals surface area (Å²) in [5.41, 5.74) is 1.21. The zero-order chi connectivity index (χ0) is 16.2. The second-order valence-electron chi connectivity index (χ2n) is 5.70. The summed E-state index contributed by atoms with van der Waals surface area (Å²) >= 11 is 0. The van der Waals surface area contributed by atoms with Gasteiger partial charge in [-0.2, -0.15) is 4.98 Å². The lowest BCUT2D eigenvalue weighted by Gasteiger charge is -2.23. The molecule has 1 aromatic heterocycles. The predicted octanol–water partition coefficient (Wildman–Crippen LogP) is 1.87. The highest BCUT2D eigenvalue weighted by molar-refractivity contribution is 5.87. The summed E-state index contributed by atoms with van der Waals surface area (Å²) in [6, 6.07) is 10.2. The van der Waals surface area contributed by atoms with Crippen LogP contribution in [0.1, 0.15) is 12.2 Å². The summed E-state index contributed by atoms with van der Waals surface area (Å²) < 4.78 is 1.65. The van der Waals surface area contributed by atoms with Gasteiger partial charge < -0.3 is 9.80 Å². The van der Waals surface area contributed by atoms with E-state index in [-0.39, 0.29) is 6.03 Å². The van der Waals surface area contributed by atoms with Crippen LogP contribution < -0.4 is 10.2 Å². The van der Waals surface area contributed by atoms with Gasteiger partial charge >= 0.3 is 6.03 Å². The molecule has 3 rings (SSSR count). The lowest BCUT2D eigenvalue weighted by Crippen LogP contribution is -2.38. The van der Waals surface area contributed by atoms with Crippen molar-refractivity contribution >= 4 is 17.7 Å². The van der Waals surface area contributed by atoms with Crippen molar-refractivity contribution in [2.45, 2.75) is 13.3 Å². The fourth-order valence-corrected chi connectivity index (χ4v) is 2.71. The van der Waals surface area contributed by atoms with Crippen molar-refractivity contribution in [1.82, 2.24) is 19.7 Å². The molecule has 23 heavy (non-hydrogen) atoms. The molecule has 0 atom stereocenters. The molecule has 1 N–H and O–H groups in total. The van der Waals surface area contributed by atoms with Crippen LogP contribution >= 0.6 is 0 Å². The fourth-order valence-electron chi connectivity index (χ4n) is 2.71. The highest BCUT2D eigenvalue weighted by Gasteiger charge is 2.20. The number of aromatic nitrogens is 3. The summed E-state index contributed by atoms with van der Waals surface area (Å²) in [7, 11) is 1.81. The van der Waals surface area contributed by atoms with Gasteiger partial charge in [-0.25, -0.2) is 4.79 Å². The normalized spacial score (nSPS) is 15.4. The standard InChI is InChI=1S/C16H22N6O/c1-13-17-15(19-20(13)2)18-16(23)22-10-6-9-21(11-12-22)14-7-4-3-5-8-14/h3-5,7-8H,6,9-12H2,1-2H3,(H,18,19,23). The van der Waals surface area contributed by atoms with E-state index in [2.05, 4.69) is 32.4 Å². The molecule has 2 aromatic rings. The summed E-state index contributed by atoms with van der Waals surface area (Å²) in [6.45, 7) is 5.06. The molecule has 7 nitrogen and oxygen atoms in total. The van der Waals surface area contributed by atoms with Crippen molar-refractivity contribution in [2.75, 3.05) is 36.4 Å². The van der Waals surface area contributed by atoms with Crippen molar-refractivity contribution in [1.29, 1.82) is 0 Å². The lowest BCUT2D eigenvalue weighted by molar-refractivity contribution is 0.215. The molecule has 1 aliphatic heterocycles. The van der Waals surface area contributed by atoms with Crippen molar-refractivity contribution < 1.29 is 4.79 Å². The highest BCUT2D eigenvalue weighted by Crippen LogP contribution is 2.16. The summed E-state index contributed by atoms with van der Waals surface area (Å²) in [5, 5.41) is 6.95. The van der Waals surface area contributed by atoms with E-state index in [4.69, 9.17) is 0 Å². The van der Waals surface area contributed by atoms with Crippen LogP contribution in [0.4, 0.5) is 16.4 Å². The molecule has 0 spiro atoms. The van der Waals surface area contributed by atoms with Crippen LogP contribution in [-0.4, -0.2) is 51.9 Å². The third-order valence-electron chi connectivity index (χ3n) is 4.10. The summed E-state index contributed by atoms with van der Waals surface area (Å²) in [5.74, 6) is 1.13. The Morgan fingerprint density at radius 2 is 1.91 bits per heavy atom. The van der Waals surface area contributed by atoms with E-state index in [0.717, 1.165) is 31.9 Å². The fraction of sp³-hybridized carbons (Fsp3) is 0.438. The van der Waals surface area contributed by atoms with Gasteiger partial charge in [0.15, 0.2) is 0 Å². The van der Waals surface area contributed by atoms with Gasteiger partial charge in [-0.15, -0.1) is 5.10 Å².